The molecule has 2 atom stereocenters. The van der Waals surface area contributed by atoms with Crippen LogP contribution in [0.2, 0.25) is 0 Å². The minimum atomic E-state index is 0.369. The molecule has 16 heavy (non-hydrogen) atoms. The summed E-state index contributed by atoms with van der Waals surface area (Å²) in [7, 11) is 0. The van der Waals surface area contributed by atoms with Gasteiger partial charge in [-0.2, -0.15) is 0 Å². The van der Waals surface area contributed by atoms with Gasteiger partial charge in [-0.05, 0) is 43.3 Å². The van der Waals surface area contributed by atoms with Gasteiger partial charge in [-0.25, -0.2) is 0 Å². The predicted octanol–water partition coefficient (Wildman–Crippen LogP) is 3.75. The van der Waals surface area contributed by atoms with E-state index in [9.17, 15) is 0 Å². The van der Waals surface area contributed by atoms with Crippen LogP contribution in [0.25, 0.3) is 10.2 Å². The van der Waals surface area contributed by atoms with Gasteiger partial charge in [0.15, 0.2) is 0 Å². The molecule has 0 saturated carbocycles. The molecule has 1 N–H and O–H groups in total. The van der Waals surface area contributed by atoms with E-state index in [4.69, 9.17) is 0 Å². The monoisotopic (exact) mass is 234 g/mol. The van der Waals surface area contributed by atoms with Gasteiger partial charge in [0.1, 0.15) is 0 Å². The Morgan fingerprint density at radius 2 is 2.25 bits per heavy atom. The summed E-state index contributed by atoms with van der Waals surface area (Å²) in [6, 6.07) is 5.23. The maximum Gasteiger partial charge on any atom is 0.0809 e. The van der Waals surface area contributed by atoms with E-state index in [-0.39, 0.29) is 0 Å². The molecule has 2 heterocycles. The molecule has 0 fully saturated rings. The van der Waals surface area contributed by atoms with Crippen LogP contribution >= 0.6 is 11.3 Å². The Hall–Kier alpha value is -0.930. The first kappa shape index (κ1) is 11.6. The fraction of sp³-hybridized carbons (Fsp3) is 0.462. The molecule has 0 saturated heterocycles. The number of thiophene rings is 1. The van der Waals surface area contributed by atoms with Crippen LogP contribution in [0.1, 0.15) is 38.8 Å². The van der Waals surface area contributed by atoms with E-state index in [1.54, 1.807) is 11.3 Å². The highest BCUT2D eigenvalue weighted by molar-refractivity contribution is 7.17. The van der Waals surface area contributed by atoms with Gasteiger partial charge in [0.2, 0.25) is 0 Å². The first-order chi connectivity index (χ1) is 7.70. The van der Waals surface area contributed by atoms with Gasteiger partial charge in [0.25, 0.3) is 0 Å². The SMILES string of the molecule is CCC(C)NC(C)c1cnc2ccsc2c1. The lowest BCUT2D eigenvalue weighted by Gasteiger charge is -2.18. The van der Waals surface area contributed by atoms with E-state index in [0.717, 1.165) is 11.9 Å². The molecule has 0 bridgehead atoms. The normalized spacial score (nSPS) is 15.2. The zero-order valence-corrected chi connectivity index (χ0v) is 10.8. The minimum Gasteiger partial charge on any atom is -0.308 e. The Morgan fingerprint density at radius 1 is 1.44 bits per heavy atom. The molecular formula is C13H18N2S. The van der Waals surface area contributed by atoms with E-state index < -0.39 is 0 Å². The van der Waals surface area contributed by atoms with Crippen molar-refractivity contribution in [1.82, 2.24) is 10.3 Å². The zero-order valence-electron chi connectivity index (χ0n) is 10.0. The fourth-order valence-electron chi connectivity index (χ4n) is 1.74. The molecule has 0 aliphatic carbocycles. The van der Waals surface area contributed by atoms with Crippen LogP contribution in [0.5, 0.6) is 0 Å². The second-order valence-corrected chi connectivity index (χ2v) is 5.22. The number of nitrogens with zero attached hydrogens (tertiary/aromatic N) is 1. The number of rotatable bonds is 4. The molecule has 0 aliphatic heterocycles. The van der Waals surface area contributed by atoms with E-state index in [1.165, 1.54) is 10.3 Å². The number of hydrogen-bond acceptors (Lipinski definition) is 3. The van der Waals surface area contributed by atoms with Gasteiger partial charge < -0.3 is 5.32 Å². The average molecular weight is 234 g/mol. The molecule has 0 spiro atoms. The van der Waals surface area contributed by atoms with Gasteiger partial charge in [0.05, 0.1) is 10.2 Å². The highest BCUT2D eigenvalue weighted by Crippen LogP contribution is 2.22. The van der Waals surface area contributed by atoms with Crippen molar-refractivity contribution in [2.45, 2.75) is 39.3 Å². The third-order valence-corrected chi connectivity index (χ3v) is 3.82. The van der Waals surface area contributed by atoms with Crippen LogP contribution in [0.4, 0.5) is 0 Å². The van der Waals surface area contributed by atoms with Crippen LogP contribution in [0.15, 0.2) is 23.7 Å². The molecule has 2 nitrogen and oxygen atoms in total. The van der Waals surface area contributed by atoms with Crippen molar-refractivity contribution in [1.29, 1.82) is 0 Å². The highest BCUT2D eigenvalue weighted by atomic mass is 32.1. The highest BCUT2D eigenvalue weighted by Gasteiger charge is 2.09. The van der Waals surface area contributed by atoms with Gasteiger partial charge in [-0.3, -0.25) is 4.98 Å². The van der Waals surface area contributed by atoms with Crippen LogP contribution < -0.4 is 5.32 Å². The maximum atomic E-state index is 4.47. The Bertz CT molecular complexity index is 464. The number of fused-ring (bicyclic) bond motifs is 1. The smallest absolute Gasteiger partial charge is 0.0809 e. The number of nitrogens with one attached hydrogen (secondary N) is 1. The lowest BCUT2D eigenvalue weighted by molar-refractivity contribution is 0.469. The Balaban J connectivity index is 2.18. The average Bonchev–Trinajstić information content (AvgIpc) is 2.75. The molecule has 0 radical (unpaired) electrons. The van der Waals surface area contributed by atoms with Crippen molar-refractivity contribution in [3.8, 4) is 0 Å². The van der Waals surface area contributed by atoms with Gasteiger partial charge in [-0.15, -0.1) is 11.3 Å². The van der Waals surface area contributed by atoms with Crippen molar-refractivity contribution in [3.63, 3.8) is 0 Å². The zero-order chi connectivity index (χ0) is 11.5. The summed E-state index contributed by atoms with van der Waals surface area (Å²) in [6.07, 6.45) is 3.13. The van der Waals surface area contributed by atoms with Crippen molar-refractivity contribution >= 4 is 21.6 Å². The van der Waals surface area contributed by atoms with E-state index in [1.807, 2.05) is 6.20 Å². The second-order valence-electron chi connectivity index (χ2n) is 4.27. The van der Waals surface area contributed by atoms with E-state index in [0.29, 0.717) is 12.1 Å². The molecule has 0 aromatic carbocycles. The van der Waals surface area contributed by atoms with Crippen LogP contribution in [-0.2, 0) is 0 Å². The van der Waals surface area contributed by atoms with Crippen LogP contribution in [-0.4, -0.2) is 11.0 Å². The molecule has 2 aromatic rings. The predicted molar refractivity (Wildman–Crippen MR) is 70.9 cm³/mol. The molecule has 0 amide bonds. The molecule has 86 valence electrons. The molecular weight excluding hydrogens is 216 g/mol. The molecule has 2 rings (SSSR count). The van der Waals surface area contributed by atoms with E-state index in [2.05, 4.69) is 48.6 Å². The lowest BCUT2D eigenvalue weighted by atomic mass is 10.1. The summed E-state index contributed by atoms with van der Waals surface area (Å²) >= 11 is 1.75. The summed E-state index contributed by atoms with van der Waals surface area (Å²) in [5, 5.41) is 5.66. The molecule has 3 heteroatoms. The summed E-state index contributed by atoms with van der Waals surface area (Å²) in [4.78, 5) is 4.47. The second kappa shape index (κ2) is 4.93. The summed E-state index contributed by atoms with van der Waals surface area (Å²) < 4.78 is 1.27. The van der Waals surface area contributed by atoms with Crippen LogP contribution in [0, 0.1) is 0 Å². The van der Waals surface area contributed by atoms with Gasteiger partial charge in [0, 0.05) is 18.3 Å². The maximum absolute atomic E-state index is 4.47. The first-order valence-corrected chi connectivity index (χ1v) is 6.68. The van der Waals surface area contributed by atoms with E-state index >= 15 is 0 Å². The standard InChI is InChI=1S/C13H18N2S/c1-4-9(2)15-10(3)11-7-13-12(14-8-11)5-6-16-13/h5-10,15H,4H2,1-3H3. The summed E-state index contributed by atoms with van der Waals surface area (Å²) in [5.41, 5.74) is 2.37. The number of pyridine rings is 1. The molecule has 0 aliphatic rings. The van der Waals surface area contributed by atoms with Crippen molar-refractivity contribution < 1.29 is 0 Å². The molecule has 2 unspecified atom stereocenters. The van der Waals surface area contributed by atoms with Gasteiger partial charge >= 0.3 is 0 Å². The van der Waals surface area contributed by atoms with Crippen molar-refractivity contribution in [2.75, 3.05) is 0 Å². The minimum absolute atomic E-state index is 0.369. The number of aromatic nitrogens is 1. The third-order valence-electron chi connectivity index (χ3n) is 2.97. The van der Waals surface area contributed by atoms with Crippen molar-refractivity contribution in [3.05, 3.63) is 29.3 Å². The summed E-state index contributed by atoms with van der Waals surface area (Å²) in [5.74, 6) is 0. The lowest BCUT2D eigenvalue weighted by Crippen LogP contribution is -2.28. The Morgan fingerprint density at radius 3 is 3.00 bits per heavy atom. The largest absolute Gasteiger partial charge is 0.308 e. The van der Waals surface area contributed by atoms with Crippen LogP contribution in [0.3, 0.4) is 0 Å². The number of hydrogen-bond donors (Lipinski definition) is 1. The molecule has 2 aromatic heterocycles. The van der Waals surface area contributed by atoms with Gasteiger partial charge in [-0.1, -0.05) is 6.92 Å². The summed E-state index contributed by atoms with van der Waals surface area (Å²) in [6.45, 7) is 6.61. The Kier molecular flexibility index (Phi) is 3.56. The Labute approximate surface area is 101 Å². The third kappa shape index (κ3) is 2.42. The topological polar surface area (TPSA) is 24.9 Å². The first-order valence-electron chi connectivity index (χ1n) is 5.80. The fourth-order valence-corrected chi connectivity index (χ4v) is 2.53. The quantitative estimate of drug-likeness (QED) is 0.871. The van der Waals surface area contributed by atoms with Crippen molar-refractivity contribution in [2.24, 2.45) is 0 Å².